The van der Waals surface area contributed by atoms with Crippen LogP contribution in [-0.4, -0.2) is 62.1 Å². The normalized spacial score (nSPS) is 13.8. The molecule has 174 valence electrons. The zero-order valence-electron chi connectivity index (χ0n) is 18.7. The second-order valence-electron chi connectivity index (χ2n) is 7.58. The van der Waals surface area contributed by atoms with Crippen LogP contribution in [0.5, 0.6) is 5.75 Å². The van der Waals surface area contributed by atoms with E-state index in [-0.39, 0.29) is 11.6 Å². The highest BCUT2D eigenvalue weighted by atomic mass is 16.6. The van der Waals surface area contributed by atoms with Crippen LogP contribution in [0.25, 0.3) is 6.08 Å². The van der Waals surface area contributed by atoms with Gasteiger partial charge < -0.3 is 19.3 Å². The number of ether oxygens (including phenoxy) is 2. The predicted molar refractivity (Wildman–Crippen MR) is 124 cm³/mol. The summed E-state index contributed by atoms with van der Waals surface area (Å²) >= 11 is 0. The third kappa shape index (κ3) is 6.31. The number of nitro groups is 1. The first kappa shape index (κ1) is 23.8. The highest BCUT2D eigenvalue weighted by Gasteiger charge is 2.25. The fraction of sp³-hybridized carbons (Fsp3) is 0.333. The maximum atomic E-state index is 12.6. The van der Waals surface area contributed by atoms with E-state index in [0.717, 1.165) is 11.3 Å². The number of benzene rings is 2. The maximum Gasteiger partial charge on any atom is 0.330 e. The Morgan fingerprint density at radius 2 is 1.76 bits per heavy atom. The fourth-order valence-electron chi connectivity index (χ4n) is 3.69. The van der Waals surface area contributed by atoms with Crippen molar-refractivity contribution in [2.24, 2.45) is 0 Å². The molecule has 33 heavy (non-hydrogen) atoms. The molecule has 3 rings (SSSR count). The molecule has 0 aliphatic carbocycles. The lowest BCUT2D eigenvalue weighted by molar-refractivity contribution is -0.384. The van der Waals surface area contributed by atoms with E-state index in [9.17, 15) is 19.7 Å². The first-order valence-electron chi connectivity index (χ1n) is 10.6. The minimum absolute atomic E-state index is 0.0405. The van der Waals surface area contributed by atoms with Gasteiger partial charge in [0.25, 0.3) is 5.69 Å². The van der Waals surface area contributed by atoms with Crippen LogP contribution >= 0.6 is 0 Å². The quantitative estimate of drug-likeness (QED) is 0.262. The van der Waals surface area contributed by atoms with Crippen LogP contribution in [0.4, 0.5) is 11.4 Å². The van der Waals surface area contributed by atoms with Crippen molar-refractivity contribution in [1.29, 1.82) is 0 Å². The number of nitrogens with zero attached hydrogens (tertiary/aromatic N) is 3. The summed E-state index contributed by atoms with van der Waals surface area (Å²) in [7, 11) is 2.88. The molecule has 0 radical (unpaired) electrons. The van der Waals surface area contributed by atoms with E-state index < -0.39 is 10.9 Å². The molecule has 9 nitrogen and oxygen atoms in total. The molecule has 1 saturated heterocycles. The number of hydrogen-bond donors (Lipinski definition) is 0. The summed E-state index contributed by atoms with van der Waals surface area (Å²) in [5.41, 5.74) is 2.06. The molecule has 9 heteroatoms. The number of methoxy groups -OCH3 is 2. The molecule has 1 fully saturated rings. The lowest BCUT2D eigenvalue weighted by atomic mass is 10.1. The van der Waals surface area contributed by atoms with Crippen molar-refractivity contribution in [2.45, 2.75) is 12.8 Å². The van der Waals surface area contributed by atoms with Gasteiger partial charge in [0.1, 0.15) is 11.4 Å². The van der Waals surface area contributed by atoms with Gasteiger partial charge in [0.15, 0.2) is 0 Å². The van der Waals surface area contributed by atoms with Crippen LogP contribution in [0.15, 0.2) is 48.5 Å². The molecular weight excluding hydrogens is 426 g/mol. The van der Waals surface area contributed by atoms with E-state index in [2.05, 4.69) is 4.74 Å². The highest BCUT2D eigenvalue weighted by Crippen LogP contribution is 2.30. The van der Waals surface area contributed by atoms with Gasteiger partial charge in [0.05, 0.1) is 19.1 Å². The largest absolute Gasteiger partial charge is 0.497 e. The third-order valence-electron chi connectivity index (χ3n) is 5.57. The van der Waals surface area contributed by atoms with Gasteiger partial charge in [-0.25, -0.2) is 4.79 Å². The van der Waals surface area contributed by atoms with Gasteiger partial charge in [-0.15, -0.1) is 0 Å². The van der Waals surface area contributed by atoms with Gasteiger partial charge in [-0.3, -0.25) is 14.9 Å². The van der Waals surface area contributed by atoms with E-state index in [1.54, 1.807) is 24.1 Å². The summed E-state index contributed by atoms with van der Waals surface area (Å²) < 4.78 is 9.69. The average molecular weight is 453 g/mol. The fourth-order valence-corrected chi connectivity index (χ4v) is 3.69. The summed E-state index contributed by atoms with van der Waals surface area (Å²) in [6.45, 7) is 2.02. The van der Waals surface area contributed by atoms with Crippen LogP contribution in [0.2, 0.25) is 0 Å². The molecule has 0 saturated carbocycles. The summed E-state index contributed by atoms with van der Waals surface area (Å²) in [4.78, 5) is 38.8. The molecule has 0 unspecified atom stereocenters. The third-order valence-corrected chi connectivity index (χ3v) is 5.57. The standard InChI is InChI=1S/C24H27N3O6/c1-32-20-8-3-18(4-9-20)6-11-23(28)26-15-13-25(14-16-26)21-10-5-19(7-12-24(29)33-2)17-22(21)27(30)31/h3-5,7-10,12,17H,6,11,13-16H2,1-2H3/b12-7+. The SMILES string of the molecule is COC(=O)/C=C/c1ccc(N2CCN(C(=O)CCc3ccc(OC)cc3)CC2)c([N+](=O)[O-])c1. The molecule has 1 amide bonds. The number of esters is 1. The minimum Gasteiger partial charge on any atom is -0.497 e. The number of rotatable bonds is 8. The van der Waals surface area contributed by atoms with Crippen molar-refractivity contribution in [3.8, 4) is 5.75 Å². The van der Waals surface area contributed by atoms with Crippen LogP contribution in [-0.2, 0) is 20.7 Å². The molecule has 1 heterocycles. The Morgan fingerprint density at radius 3 is 2.36 bits per heavy atom. The van der Waals surface area contributed by atoms with Crippen LogP contribution in [0.3, 0.4) is 0 Å². The zero-order valence-corrected chi connectivity index (χ0v) is 18.7. The summed E-state index contributed by atoms with van der Waals surface area (Å²) in [5, 5.41) is 11.6. The second kappa shape index (κ2) is 11.1. The summed E-state index contributed by atoms with van der Waals surface area (Å²) in [5.74, 6) is 0.320. The molecule has 1 aliphatic heterocycles. The number of piperazine rings is 1. The Kier molecular flexibility index (Phi) is 8.01. The second-order valence-corrected chi connectivity index (χ2v) is 7.58. The van der Waals surface area contributed by atoms with Gasteiger partial charge in [-0.1, -0.05) is 18.2 Å². The first-order chi connectivity index (χ1) is 15.9. The van der Waals surface area contributed by atoms with Crippen molar-refractivity contribution in [3.63, 3.8) is 0 Å². The predicted octanol–water partition coefficient (Wildman–Crippen LogP) is 3.07. The molecule has 2 aromatic carbocycles. The Morgan fingerprint density at radius 1 is 1.06 bits per heavy atom. The summed E-state index contributed by atoms with van der Waals surface area (Å²) in [6.07, 6.45) is 3.75. The van der Waals surface area contributed by atoms with E-state index in [1.165, 1.54) is 25.3 Å². The molecule has 0 bridgehead atoms. The average Bonchev–Trinajstić information content (AvgIpc) is 2.86. The van der Waals surface area contributed by atoms with Crippen molar-refractivity contribution in [3.05, 3.63) is 69.8 Å². The van der Waals surface area contributed by atoms with E-state index >= 15 is 0 Å². The maximum absolute atomic E-state index is 12.6. The van der Waals surface area contributed by atoms with Crippen molar-refractivity contribution >= 4 is 29.3 Å². The Labute approximate surface area is 192 Å². The summed E-state index contributed by atoms with van der Waals surface area (Å²) in [6, 6.07) is 12.5. The topological polar surface area (TPSA) is 102 Å². The molecule has 0 aromatic heterocycles. The molecular formula is C24H27N3O6. The number of carbonyl (C=O) groups is 2. The van der Waals surface area contributed by atoms with Gasteiger partial charge in [-0.05, 0) is 41.8 Å². The number of anilines is 1. The number of aryl methyl sites for hydroxylation is 1. The van der Waals surface area contributed by atoms with Crippen molar-refractivity contribution in [1.82, 2.24) is 4.90 Å². The van der Waals surface area contributed by atoms with Gasteiger partial charge in [0.2, 0.25) is 5.91 Å². The molecule has 0 spiro atoms. The van der Waals surface area contributed by atoms with E-state index in [0.29, 0.717) is 50.3 Å². The lowest BCUT2D eigenvalue weighted by Crippen LogP contribution is -2.49. The number of nitro benzene ring substituents is 1. The van der Waals surface area contributed by atoms with Crippen LogP contribution < -0.4 is 9.64 Å². The molecule has 2 aromatic rings. The number of amides is 1. The Balaban J connectivity index is 1.59. The van der Waals surface area contributed by atoms with Gasteiger partial charge >= 0.3 is 5.97 Å². The highest BCUT2D eigenvalue weighted by molar-refractivity contribution is 5.87. The van der Waals surface area contributed by atoms with Crippen molar-refractivity contribution < 1.29 is 24.0 Å². The van der Waals surface area contributed by atoms with E-state index in [4.69, 9.17) is 4.74 Å². The van der Waals surface area contributed by atoms with E-state index in [1.807, 2.05) is 29.2 Å². The lowest BCUT2D eigenvalue weighted by Gasteiger charge is -2.36. The first-order valence-corrected chi connectivity index (χ1v) is 10.6. The van der Waals surface area contributed by atoms with Gasteiger partial charge in [0, 0.05) is 44.7 Å². The zero-order chi connectivity index (χ0) is 23.8. The number of hydrogen-bond acceptors (Lipinski definition) is 7. The van der Waals surface area contributed by atoms with Crippen LogP contribution in [0.1, 0.15) is 17.5 Å². The smallest absolute Gasteiger partial charge is 0.330 e. The van der Waals surface area contributed by atoms with Gasteiger partial charge in [-0.2, -0.15) is 0 Å². The molecule has 0 N–H and O–H groups in total. The molecule has 1 aliphatic rings. The Hall–Kier alpha value is -3.88. The monoisotopic (exact) mass is 453 g/mol. The van der Waals surface area contributed by atoms with Crippen LogP contribution in [0, 0.1) is 10.1 Å². The Bertz CT molecular complexity index is 1030. The molecule has 0 atom stereocenters. The minimum atomic E-state index is -0.533. The number of carbonyl (C=O) groups excluding carboxylic acids is 2. The van der Waals surface area contributed by atoms with Crippen molar-refractivity contribution in [2.75, 3.05) is 45.3 Å².